The molecule has 2 aromatic rings. The maximum absolute atomic E-state index is 13.3. The largest absolute Gasteiger partial charge is 0.312 e. The molecular weight excluding hydrogens is 395 g/mol. The van der Waals surface area contributed by atoms with Crippen LogP contribution in [0.5, 0.6) is 0 Å². The lowest BCUT2D eigenvalue weighted by atomic mass is 9.90. The minimum atomic E-state index is -0.339. The molecule has 4 rings (SSSR count). The van der Waals surface area contributed by atoms with Gasteiger partial charge in [-0.1, -0.05) is 26.0 Å². The van der Waals surface area contributed by atoms with Crippen molar-refractivity contribution in [2.75, 3.05) is 37.6 Å². The van der Waals surface area contributed by atoms with E-state index in [1.54, 1.807) is 12.1 Å². The Morgan fingerprint density at radius 2 is 2.06 bits per heavy atom. The van der Waals surface area contributed by atoms with Crippen molar-refractivity contribution in [3.8, 4) is 0 Å². The predicted octanol–water partition coefficient (Wildman–Crippen LogP) is 2.54. The van der Waals surface area contributed by atoms with Gasteiger partial charge in [0.15, 0.2) is 6.29 Å². The van der Waals surface area contributed by atoms with Gasteiger partial charge >= 0.3 is 0 Å². The van der Waals surface area contributed by atoms with Crippen molar-refractivity contribution in [2.45, 2.75) is 38.6 Å². The van der Waals surface area contributed by atoms with E-state index < -0.39 is 0 Å². The topological polar surface area (TPSA) is 65.5 Å². The first kappa shape index (κ1) is 21.6. The lowest BCUT2D eigenvalue weighted by Crippen LogP contribution is -2.52. The molecule has 1 fully saturated rings. The summed E-state index contributed by atoms with van der Waals surface area (Å²) < 4.78 is 13.3. The fourth-order valence-corrected chi connectivity index (χ4v) is 4.54. The number of amides is 1. The van der Waals surface area contributed by atoms with E-state index in [1.165, 1.54) is 12.1 Å². The van der Waals surface area contributed by atoms with E-state index in [9.17, 15) is 14.0 Å². The fourth-order valence-electron chi connectivity index (χ4n) is 4.54. The van der Waals surface area contributed by atoms with Gasteiger partial charge in [-0.2, -0.15) is 0 Å². The Bertz CT molecular complexity index is 990. The van der Waals surface area contributed by atoms with E-state index in [-0.39, 0.29) is 17.1 Å². The Morgan fingerprint density at radius 3 is 2.74 bits per heavy atom. The van der Waals surface area contributed by atoms with Crippen molar-refractivity contribution in [2.24, 2.45) is 0 Å². The molecule has 1 saturated heterocycles. The zero-order valence-corrected chi connectivity index (χ0v) is 18.3. The van der Waals surface area contributed by atoms with Gasteiger partial charge in [-0.3, -0.25) is 14.5 Å². The number of rotatable bonds is 5. The van der Waals surface area contributed by atoms with Gasteiger partial charge in [-0.25, -0.2) is 9.37 Å². The van der Waals surface area contributed by atoms with Crippen molar-refractivity contribution >= 4 is 17.9 Å². The van der Waals surface area contributed by atoms with E-state index in [1.807, 2.05) is 24.8 Å². The number of halogens is 1. The fraction of sp³-hybridized carbons (Fsp3) is 0.458. The third-order valence-corrected chi connectivity index (χ3v) is 6.13. The van der Waals surface area contributed by atoms with Crippen LogP contribution in [0.25, 0.3) is 0 Å². The number of pyridine rings is 1. The van der Waals surface area contributed by atoms with E-state index in [0.717, 1.165) is 48.4 Å². The molecule has 1 N–H and O–H groups in total. The predicted molar refractivity (Wildman–Crippen MR) is 118 cm³/mol. The van der Waals surface area contributed by atoms with E-state index in [2.05, 4.69) is 22.1 Å². The van der Waals surface area contributed by atoms with Gasteiger partial charge in [0, 0.05) is 37.6 Å². The van der Waals surface area contributed by atoms with Gasteiger partial charge < -0.3 is 10.2 Å². The van der Waals surface area contributed by atoms with Crippen LogP contribution in [0.4, 0.5) is 10.1 Å². The number of nitrogens with one attached hydrogen (secondary N) is 1. The second kappa shape index (κ2) is 8.48. The number of anilines is 1. The summed E-state index contributed by atoms with van der Waals surface area (Å²) in [6.07, 6.45) is 1.22. The molecule has 164 valence electrons. The minimum absolute atomic E-state index is 0.0503. The molecule has 0 spiro atoms. The van der Waals surface area contributed by atoms with Crippen LogP contribution in [-0.4, -0.2) is 60.8 Å². The van der Waals surface area contributed by atoms with Crippen LogP contribution < -0.4 is 10.2 Å². The first-order chi connectivity index (χ1) is 14.8. The number of benzene rings is 1. The first-order valence-corrected chi connectivity index (χ1v) is 10.8. The van der Waals surface area contributed by atoms with E-state index in [0.29, 0.717) is 31.2 Å². The molecule has 2 aliphatic heterocycles. The summed E-state index contributed by atoms with van der Waals surface area (Å²) in [5, 5.41) is 3.40. The van der Waals surface area contributed by atoms with Crippen LogP contribution in [0.1, 0.15) is 48.1 Å². The van der Waals surface area contributed by atoms with Gasteiger partial charge in [0.2, 0.25) is 5.91 Å². The molecule has 31 heavy (non-hydrogen) atoms. The zero-order chi connectivity index (χ0) is 22.2. The molecular formula is C24H29FN4O2. The zero-order valence-electron chi connectivity index (χ0n) is 18.3. The van der Waals surface area contributed by atoms with Crippen LogP contribution in [0.15, 0.2) is 30.3 Å². The SMILES string of the molecule is CC1CN(CC(=O)N2CC(C)(C)c3nc(C=O)c(Cc4ccc(F)cc4)cc32)CCN1. The molecule has 3 heterocycles. The standard InChI is InChI=1S/C24H29FN4O2/c1-16-12-28(9-8-26-16)13-22(31)29-15-24(2,3)23-21(29)11-18(20(14-30)27-23)10-17-4-6-19(25)7-5-17/h4-7,11,14,16,26H,8-10,12-13,15H2,1-3H3. The van der Waals surface area contributed by atoms with Crippen molar-refractivity contribution in [3.05, 3.63) is 58.7 Å². The Morgan fingerprint density at radius 1 is 1.32 bits per heavy atom. The van der Waals surface area contributed by atoms with Crippen LogP contribution in [0.3, 0.4) is 0 Å². The average molecular weight is 425 g/mol. The summed E-state index contributed by atoms with van der Waals surface area (Å²) in [6, 6.07) is 8.50. The van der Waals surface area contributed by atoms with Crippen molar-refractivity contribution in [3.63, 3.8) is 0 Å². The first-order valence-electron chi connectivity index (χ1n) is 10.8. The second-order valence-corrected chi connectivity index (χ2v) is 9.28. The second-order valence-electron chi connectivity index (χ2n) is 9.28. The number of nitrogens with zero attached hydrogens (tertiary/aromatic N) is 3. The van der Waals surface area contributed by atoms with Crippen LogP contribution in [0.2, 0.25) is 0 Å². The monoisotopic (exact) mass is 424 g/mol. The number of fused-ring (bicyclic) bond motifs is 1. The summed E-state index contributed by atoms with van der Waals surface area (Å²) in [7, 11) is 0. The van der Waals surface area contributed by atoms with E-state index in [4.69, 9.17) is 0 Å². The Kier molecular flexibility index (Phi) is 5.90. The molecule has 6 nitrogen and oxygen atoms in total. The van der Waals surface area contributed by atoms with Gasteiger partial charge in [-0.05, 0) is 42.7 Å². The molecule has 1 amide bonds. The molecule has 0 aliphatic carbocycles. The molecule has 0 bridgehead atoms. The number of hydrogen-bond donors (Lipinski definition) is 1. The highest BCUT2D eigenvalue weighted by Crippen LogP contribution is 2.40. The van der Waals surface area contributed by atoms with Gasteiger partial charge in [0.25, 0.3) is 0 Å². The highest BCUT2D eigenvalue weighted by Gasteiger charge is 2.40. The summed E-state index contributed by atoms with van der Waals surface area (Å²) in [6.45, 7) is 9.69. The third-order valence-electron chi connectivity index (χ3n) is 6.13. The van der Waals surface area contributed by atoms with Gasteiger partial charge in [-0.15, -0.1) is 0 Å². The maximum atomic E-state index is 13.3. The molecule has 7 heteroatoms. The quantitative estimate of drug-likeness (QED) is 0.748. The normalized spacial score (nSPS) is 20.5. The van der Waals surface area contributed by atoms with Crippen LogP contribution in [-0.2, 0) is 16.6 Å². The van der Waals surface area contributed by atoms with E-state index >= 15 is 0 Å². The molecule has 1 atom stereocenters. The maximum Gasteiger partial charge on any atom is 0.241 e. The number of carbonyl (C=O) groups excluding carboxylic acids is 2. The summed E-state index contributed by atoms with van der Waals surface area (Å²) in [5.41, 5.74) is 3.22. The molecule has 0 radical (unpaired) electrons. The summed E-state index contributed by atoms with van der Waals surface area (Å²) in [4.78, 5) is 33.7. The lowest BCUT2D eigenvalue weighted by molar-refractivity contribution is -0.120. The minimum Gasteiger partial charge on any atom is -0.312 e. The Hall–Kier alpha value is -2.64. The molecule has 1 aromatic heterocycles. The highest BCUT2D eigenvalue weighted by molar-refractivity contribution is 5.97. The van der Waals surface area contributed by atoms with Crippen molar-refractivity contribution < 1.29 is 14.0 Å². The lowest BCUT2D eigenvalue weighted by Gasteiger charge is -2.32. The van der Waals surface area contributed by atoms with Crippen molar-refractivity contribution in [1.82, 2.24) is 15.2 Å². The number of carbonyl (C=O) groups is 2. The van der Waals surface area contributed by atoms with Crippen LogP contribution >= 0.6 is 0 Å². The van der Waals surface area contributed by atoms with Gasteiger partial charge in [0.1, 0.15) is 11.5 Å². The Balaban J connectivity index is 1.63. The smallest absolute Gasteiger partial charge is 0.241 e. The van der Waals surface area contributed by atoms with Gasteiger partial charge in [0.05, 0.1) is 17.9 Å². The summed E-state index contributed by atoms with van der Waals surface area (Å²) in [5.74, 6) is -0.249. The molecule has 1 aromatic carbocycles. The van der Waals surface area contributed by atoms with Crippen molar-refractivity contribution in [1.29, 1.82) is 0 Å². The summed E-state index contributed by atoms with van der Waals surface area (Å²) >= 11 is 0. The average Bonchev–Trinajstić information content (AvgIpc) is 2.99. The Labute approximate surface area is 182 Å². The number of hydrogen-bond acceptors (Lipinski definition) is 5. The molecule has 2 aliphatic rings. The highest BCUT2D eigenvalue weighted by atomic mass is 19.1. The third kappa shape index (κ3) is 4.52. The van der Waals surface area contributed by atoms with Crippen LogP contribution in [0, 0.1) is 5.82 Å². The molecule has 1 unspecified atom stereocenters. The number of aldehydes is 1. The molecule has 0 saturated carbocycles. The number of piperazine rings is 1. The number of aromatic nitrogens is 1.